The fraction of sp³-hybridized carbons (Fsp3) is 0. The standard InChI is InChI=1S/C15H10BrN3OS/c16-11-7-5-10(6-8-11)9-17-19-14(20)12-3-1-2-4-13(12)18-15(19)21/h1-9H,(H,18,21)/b17-9-. The van der Waals surface area contributed by atoms with Crippen molar-refractivity contribution >= 4 is 45.3 Å². The van der Waals surface area contributed by atoms with Gasteiger partial charge in [0.25, 0.3) is 5.56 Å². The van der Waals surface area contributed by atoms with E-state index in [1.165, 1.54) is 4.68 Å². The van der Waals surface area contributed by atoms with Gasteiger partial charge >= 0.3 is 0 Å². The normalized spacial score (nSPS) is 11.3. The molecule has 4 nitrogen and oxygen atoms in total. The summed E-state index contributed by atoms with van der Waals surface area (Å²) in [7, 11) is 0. The first-order chi connectivity index (χ1) is 10.1. The summed E-state index contributed by atoms with van der Waals surface area (Å²) in [5.41, 5.74) is 1.36. The van der Waals surface area contributed by atoms with Crippen molar-refractivity contribution in [3.63, 3.8) is 0 Å². The monoisotopic (exact) mass is 359 g/mol. The maximum Gasteiger partial charge on any atom is 0.282 e. The van der Waals surface area contributed by atoms with Gasteiger partial charge < -0.3 is 4.98 Å². The van der Waals surface area contributed by atoms with Crippen molar-refractivity contribution in [1.29, 1.82) is 0 Å². The number of nitrogens with zero attached hydrogens (tertiary/aromatic N) is 2. The van der Waals surface area contributed by atoms with Crippen molar-refractivity contribution in [2.45, 2.75) is 0 Å². The SMILES string of the molecule is O=c1c2ccccc2[nH]c(=S)n1/N=C\c1ccc(Br)cc1. The first-order valence-corrected chi connectivity index (χ1v) is 7.39. The minimum absolute atomic E-state index is 0.234. The van der Waals surface area contributed by atoms with E-state index in [0.29, 0.717) is 10.9 Å². The second-order valence-corrected chi connectivity index (χ2v) is 5.69. The van der Waals surface area contributed by atoms with Gasteiger partial charge in [0.2, 0.25) is 4.77 Å². The van der Waals surface area contributed by atoms with E-state index in [9.17, 15) is 4.79 Å². The Balaban J connectivity index is 2.10. The average Bonchev–Trinajstić information content (AvgIpc) is 2.49. The lowest BCUT2D eigenvalue weighted by molar-refractivity contribution is 0.800. The highest BCUT2D eigenvalue weighted by atomic mass is 79.9. The van der Waals surface area contributed by atoms with Gasteiger partial charge in [-0.05, 0) is 42.0 Å². The second kappa shape index (κ2) is 5.75. The molecule has 1 aromatic heterocycles. The van der Waals surface area contributed by atoms with Crippen LogP contribution in [-0.4, -0.2) is 15.9 Å². The number of fused-ring (bicyclic) bond motifs is 1. The van der Waals surface area contributed by atoms with E-state index in [-0.39, 0.29) is 10.3 Å². The lowest BCUT2D eigenvalue weighted by Gasteiger charge is -2.02. The summed E-state index contributed by atoms with van der Waals surface area (Å²) in [5, 5.41) is 4.74. The number of aromatic amines is 1. The molecule has 0 radical (unpaired) electrons. The van der Waals surface area contributed by atoms with E-state index in [0.717, 1.165) is 10.0 Å². The first-order valence-electron chi connectivity index (χ1n) is 6.19. The Kier molecular flexibility index (Phi) is 3.81. The third kappa shape index (κ3) is 2.86. The Morgan fingerprint density at radius 1 is 1.14 bits per heavy atom. The van der Waals surface area contributed by atoms with Gasteiger partial charge in [-0.3, -0.25) is 4.79 Å². The van der Waals surface area contributed by atoms with Gasteiger partial charge in [0.05, 0.1) is 17.1 Å². The van der Waals surface area contributed by atoms with Crippen LogP contribution >= 0.6 is 28.1 Å². The minimum Gasteiger partial charge on any atom is -0.330 e. The van der Waals surface area contributed by atoms with Crippen molar-refractivity contribution in [2.75, 3.05) is 0 Å². The number of aromatic nitrogens is 2. The quantitative estimate of drug-likeness (QED) is 0.560. The average molecular weight is 360 g/mol. The number of halogens is 1. The molecular weight excluding hydrogens is 350 g/mol. The molecule has 0 aliphatic carbocycles. The summed E-state index contributed by atoms with van der Waals surface area (Å²) in [6.07, 6.45) is 1.60. The van der Waals surface area contributed by atoms with E-state index in [4.69, 9.17) is 12.2 Å². The topological polar surface area (TPSA) is 50.1 Å². The molecule has 0 aliphatic heterocycles. The molecule has 1 heterocycles. The van der Waals surface area contributed by atoms with E-state index < -0.39 is 0 Å². The molecule has 104 valence electrons. The molecule has 0 aliphatic rings. The molecule has 3 aromatic rings. The van der Waals surface area contributed by atoms with Crippen LogP contribution in [-0.2, 0) is 0 Å². The second-order valence-electron chi connectivity index (χ2n) is 4.39. The summed E-state index contributed by atoms with van der Waals surface area (Å²) in [4.78, 5) is 15.4. The number of nitrogens with one attached hydrogen (secondary N) is 1. The van der Waals surface area contributed by atoms with Crippen LogP contribution in [0.1, 0.15) is 5.56 Å². The van der Waals surface area contributed by atoms with E-state index in [1.54, 1.807) is 12.3 Å². The molecule has 0 fully saturated rings. The smallest absolute Gasteiger partial charge is 0.282 e. The molecular formula is C15H10BrN3OS. The summed E-state index contributed by atoms with van der Waals surface area (Å²) in [6.45, 7) is 0. The number of rotatable bonds is 2. The zero-order valence-electron chi connectivity index (χ0n) is 10.8. The highest BCUT2D eigenvalue weighted by Gasteiger charge is 2.03. The lowest BCUT2D eigenvalue weighted by atomic mass is 10.2. The Morgan fingerprint density at radius 3 is 2.62 bits per heavy atom. The Morgan fingerprint density at radius 2 is 1.86 bits per heavy atom. The summed E-state index contributed by atoms with van der Waals surface area (Å²) < 4.78 is 2.45. The van der Waals surface area contributed by atoms with Gasteiger partial charge in [-0.2, -0.15) is 9.78 Å². The van der Waals surface area contributed by atoms with Crippen molar-refractivity contribution < 1.29 is 0 Å². The Bertz CT molecular complexity index is 942. The maximum absolute atomic E-state index is 12.4. The molecule has 0 saturated carbocycles. The largest absolute Gasteiger partial charge is 0.330 e. The number of H-pyrrole nitrogens is 1. The molecule has 3 rings (SSSR count). The molecule has 2 aromatic carbocycles. The number of hydrogen-bond acceptors (Lipinski definition) is 3. The molecule has 0 amide bonds. The first kappa shape index (κ1) is 13.9. The van der Waals surface area contributed by atoms with Gasteiger partial charge in [-0.15, -0.1) is 0 Å². The highest BCUT2D eigenvalue weighted by molar-refractivity contribution is 9.10. The molecule has 1 N–H and O–H groups in total. The molecule has 0 spiro atoms. The van der Waals surface area contributed by atoms with Gasteiger partial charge in [0.1, 0.15) is 0 Å². The van der Waals surface area contributed by atoms with Crippen molar-refractivity contribution in [2.24, 2.45) is 5.10 Å². The van der Waals surface area contributed by atoms with Gasteiger partial charge in [-0.1, -0.05) is 40.2 Å². The molecule has 0 saturated heterocycles. The third-order valence-corrected chi connectivity index (χ3v) is 3.78. The maximum atomic E-state index is 12.4. The zero-order chi connectivity index (χ0) is 14.8. The third-order valence-electron chi connectivity index (χ3n) is 2.98. The summed E-state index contributed by atoms with van der Waals surface area (Å²) in [5.74, 6) is 0. The minimum atomic E-state index is -0.234. The van der Waals surface area contributed by atoms with Crippen molar-refractivity contribution in [1.82, 2.24) is 9.66 Å². The van der Waals surface area contributed by atoms with Crippen molar-refractivity contribution in [3.05, 3.63) is 73.7 Å². The summed E-state index contributed by atoms with van der Waals surface area (Å²) in [6, 6.07) is 14.8. The van der Waals surface area contributed by atoms with E-state index >= 15 is 0 Å². The van der Waals surface area contributed by atoms with Crippen LogP contribution in [0.5, 0.6) is 0 Å². The fourth-order valence-corrected chi connectivity index (χ4v) is 2.44. The van der Waals surface area contributed by atoms with Crippen LogP contribution in [0, 0.1) is 4.77 Å². The molecule has 0 unspecified atom stereocenters. The number of benzene rings is 2. The number of para-hydroxylation sites is 1. The van der Waals surface area contributed by atoms with Gasteiger partial charge in [-0.25, -0.2) is 0 Å². The van der Waals surface area contributed by atoms with Crippen LogP contribution in [0.25, 0.3) is 10.9 Å². The van der Waals surface area contributed by atoms with Crippen LogP contribution in [0.4, 0.5) is 0 Å². The predicted octanol–water partition coefficient (Wildman–Crippen LogP) is 3.70. The van der Waals surface area contributed by atoms with E-state index in [1.807, 2.05) is 42.5 Å². The Labute approximate surface area is 133 Å². The number of hydrogen-bond donors (Lipinski definition) is 1. The van der Waals surface area contributed by atoms with Gasteiger partial charge in [0.15, 0.2) is 0 Å². The Hall–Kier alpha value is -2.05. The lowest BCUT2D eigenvalue weighted by Crippen LogP contribution is -2.18. The highest BCUT2D eigenvalue weighted by Crippen LogP contribution is 2.09. The predicted molar refractivity (Wildman–Crippen MR) is 90.5 cm³/mol. The zero-order valence-corrected chi connectivity index (χ0v) is 13.2. The molecule has 6 heteroatoms. The van der Waals surface area contributed by atoms with Crippen molar-refractivity contribution in [3.8, 4) is 0 Å². The molecule has 0 atom stereocenters. The van der Waals surface area contributed by atoms with Crippen LogP contribution in [0.15, 0.2) is 62.9 Å². The van der Waals surface area contributed by atoms with Gasteiger partial charge in [0, 0.05) is 4.47 Å². The van der Waals surface area contributed by atoms with Crippen LogP contribution in [0.2, 0.25) is 0 Å². The van der Waals surface area contributed by atoms with Crippen LogP contribution < -0.4 is 5.56 Å². The molecule has 21 heavy (non-hydrogen) atoms. The summed E-state index contributed by atoms with van der Waals surface area (Å²) >= 11 is 8.56. The van der Waals surface area contributed by atoms with E-state index in [2.05, 4.69) is 26.0 Å². The fourth-order valence-electron chi connectivity index (χ4n) is 1.93. The van der Waals surface area contributed by atoms with Crippen LogP contribution in [0.3, 0.4) is 0 Å². The molecule has 0 bridgehead atoms.